The molecule has 1 atom stereocenters. The van der Waals surface area contributed by atoms with E-state index in [1.165, 1.54) is 36.3 Å². The highest BCUT2D eigenvalue weighted by Crippen LogP contribution is 2.19. The number of sulfonamides is 1. The van der Waals surface area contributed by atoms with Crippen molar-refractivity contribution in [2.45, 2.75) is 17.4 Å². The topological polar surface area (TPSA) is 110 Å². The summed E-state index contributed by atoms with van der Waals surface area (Å²) >= 11 is 0. The normalized spacial score (nSPS) is 19.7. The standard InChI is InChI=1S/C15H22N2O6S2/c1-17(13-7-10-24(19,20)11-13)15(18)12-3-5-14(6-4-12)25(21,22)16-8-9-23-2/h3-6,13,16H,7-11H2,1-2H3/t13-/m0/s1. The molecule has 0 bridgehead atoms. The van der Waals surface area contributed by atoms with Crippen LogP contribution < -0.4 is 4.72 Å². The third-order valence-corrected chi connectivity index (χ3v) is 7.31. The molecular formula is C15H22N2O6S2. The van der Waals surface area contributed by atoms with E-state index >= 15 is 0 Å². The van der Waals surface area contributed by atoms with E-state index in [2.05, 4.69) is 4.72 Å². The van der Waals surface area contributed by atoms with Gasteiger partial charge in [0, 0.05) is 32.3 Å². The van der Waals surface area contributed by atoms with Crippen LogP contribution in [0.1, 0.15) is 16.8 Å². The maximum Gasteiger partial charge on any atom is 0.253 e. The molecule has 0 unspecified atom stereocenters. The Hall–Kier alpha value is -1.49. The van der Waals surface area contributed by atoms with Crippen LogP contribution in [0.15, 0.2) is 29.2 Å². The number of methoxy groups -OCH3 is 1. The summed E-state index contributed by atoms with van der Waals surface area (Å²) in [4.78, 5) is 13.9. The van der Waals surface area contributed by atoms with Crippen LogP contribution in [0.5, 0.6) is 0 Å². The van der Waals surface area contributed by atoms with Crippen molar-refractivity contribution in [3.63, 3.8) is 0 Å². The molecule has 140 valence electrons. The molecule has 8 nitrogen and oxygen atoms in total. The van der Waals surface area contributed by atoms with Gasteiger partial charge in [0.05, 0.1) is 23.0 Å². The number of rotatable bonds is 7. The first kappa shape index (κ1) is 19.8. The van der Waals surface area contributed by atoms with Crippen LogP contribution in [0.25, 0.3) is 0 Å². The summed E-state index contributed by atoms with van der Waals surface area (Å²) in [6.07, 6.45) is 0.417. The first-order chi connectivity index (χ1) is 11.7. The van der Waals surface area contributed by atoms with Crippen molar-refractivity contribution in [2.24, 2.45) is 0 Å². The summed E-state index contributed by atoms with van der Waals surface area (Å²) in [6, 6.07) is 5.19. The van der Waals surface area contributed by atoms with Crippen LogP contribution in [-0.4, -0.2) is 72.5 Å². The van der Waals surface area contributed by atoms with Gasteiger partial charge in [-0.1, -0.05) is 0 Å². The van der Waals surface area contributed by atoms with E-state index in [0.717, 1.165) is 0 Å². The molecule has 0 radical (unpaired) electrons. The van der Waals surface area contributed by atoms with Crippen molar-refractivity contribution < 1.29 is 26.4 Å². The molecule has 1 heterocycles. The minimum absolute atomic E-state index is 0.0366. The fourth-order valence-electron chi connectivity index (χ4n) is 2.59. The first-order valence-corrected chi connectivity index (χ1v) is 11.0. The predicted octanol–water partition coefficient (Wildman–Crippen LogP) is -0.130. The molecule has 1 fully saturated rings. The average Bonchev–Trinajstić information content (AvgIpc) is 2.94. The number of sulfone groups is 1. The summed E-state index contributed by atoms with van der Waals surface area (Å²) in [7, 11) is -3.71. The van der Waals surface area contributed by atoms with Gasteiger partial charge in [0.1, 0.15) is 0 Å². The zero-order chi connectivity index (χ0) is 18.7. The average molecular weight is 390 g/mol. The maximum absolute atomic E-state index is 12.5. The van der Waals surface area contributed by atoms with Gasteiger partial charge in [-0.25, -0.2) is 21.6 Å². The SMILES string of the molecule is COCCNS(=O)(=O)c1ccc(C(=O)N(C)[C@H]2CCS(=O)(=O)C2)cc1. The zero-order valence-electron chi connectivity index (χ0n) is 14.1. The van der Waals surface area contributed by atoms with Gasteiger partial charge in [-0.15, -0.1) is 0 Å². The highest BCUT2D eigenvalue weighted by atomic mass is 32.2. The van der Waals surface area contributed by atoms with Crippen molar-refractivity contribution in [3.05, 3.63) is 29.8 Å². The molecule has 1 amide bonds. The number of nitrogens with zero attached hydrogens (tertiary/aromatic N) is 1. The second kappa shape index (κ2) is 7.81. The van der Waals surface area contributed by atoms with Gasteiger partial charge in [-0.2, -0.15) is 0 Å². The Kier molecular flexibility index (Phi) is 6.20. The fourth-order valence-corrected chi connectivity index (χ4v) is 5.38. The third kappa shape index (κ3) is 5.00. The van der Waals surface area contributed by atoms with Crippen LogP contribution in [0.3, 0.4) is 0 Å². The lowest BCUT2D eigenvalue weighted by Crippen LogP contribution is -2.37. The van der Waals surface area contributed by atoms with Crippen LogP contribution in [0.4, 0.5) is 0 Å². The Morgan fingerprint density at radius 2 is 1.96 bits per heavy atom. The second-order valence-electron chi connectivity index (χ2n) is 5.89. The summed E-state index contributed by atoms with van der Waals surface area (Å²) in [6.45, 7) is 0.406. The lowest BCUT2D eigenvalue weighted by atomic mass is 10.1. The molecule has 0 aromatic heterocycles. The van der Waals surface area contributed by atoms with Gasteiger partial charge in [-0.05, 0) is 30.7 Å². The van der Waals surface area contributed by atoms with E-state index < -0.39 is 19.9 Å². The number of carbonyl (C=O) groups excluding carboxylic acids is 1. The minimum atomic E-state index is -3.66. The number of hydrogen-bond acceptors (Lipinski definition) is 6. The second-order valence-corrected chi connectivity index (χ2v) is 9.88. The van der Waals surface area contributed by atoms with Crippen molar-refractivity contribution in [3.8, 4) is 0 Å². The lowest BCUT2D eigenvalue weighted by Gasteiger charge is -2.23. The molecule has 2 rings (SSSR count). The number of carbonyl (C=O) groups is 1. The Balaban J connectivity index is 2.07. The monoisotopic (exact) mass is 390 g/mol. The maximum atomic E-state index is 12.5. The molecule has 1 aromatic rings. The predicted molar refractivity (Wildman–Crippen MR) is 92.7 cm³/mol. The van der Waals surface area contributed by atoms with Crippen LogP contribution in [-0.2, 0) is 24.6 Å². The van der Waals surface area contributed by atoms with E-state index in [1.807, 2.05) is 0 Å². The van der Waals surface area contributed by atoms with Crippen molar-refractivity contribution in [1.82, 2.24) is 9.62 Å². The molecule has 25 heavy (non-hydrogen) atoms. The van der Waals surface area contributed by atoms with Crippen LogP contribution in [0.2, 0.25) is 0 Å². The van der Waals surface area contributed by atoms with Crippen molar-refractivity contribution >= 4 is 25.8 Å². The number of benzene rings is 1. The molecule has 0 spiro atoms. The number of amides is 1. The van der Waals surface area contributed by atoms with Crippen molar-refractivity contribution in [1.29, 1.82) is 0 Å². The zero-order valence-corrected chi connectivity index (χ0v) is 15.8. The fraction of sp³-hybridized carbons (Fsp3) is 0.533. The van der Waals surface area contributed by atoms with Crippen LogP contribution >= 0.6 is 0 Å². The first-order valence-electron chi connectivity index (χ1n) is 7.72. The minimum Gasteiger partial charge on any atom is -0.383 e. The van der Waals surface area contributed by atoms with E-state index in [0.29, 0.717) is 12.0 Å². The highest BCUT2D eigenvalue weighted by Gasteiger charge is 2.33. The summed E-state index contributed by atoms with van der Waals surface area (Å²) in [5.41, 5.74) is 0.308. The smallest absolute Gasteiger partial charge is 0.253 e. The molecule has 1 aliphatic rings. The summed E-state index contributed by atoms with van der Waals surface area (Å²) in [5.74, 6) is -0.288. The van der Waals surface area contributed by atoms with Gasteiger partial charge in [0.2, 0.25) is 10.0 Å². The van der Waals surface area contributed by atoms with Gasteiger partial charge in [0.25, 0.3) is 5.91 Å². The van der Waals surface area contributed by atoms with E-state index in [1.54, 1.807) is 7.05 Å². The Morgan fingerprint density at radius 1 is 1.32 bits per heavy atom. The van der Waals surface area contributed by atoms with Crippen LogP contribution in [0, 0.1) is 0 Å². The molecule has 0 aliphatic carbocycles. The van der Waals surface area contributed by atoms with Gasteiger partial charge < -0.3 is 9.64 Å². The van der Waals surface area contributed by atoms with Gasteiger partial charge in [0.15, 0.2) is 9.84 Å². The number of nitrogens with one attached hydrogen (secondary N) is 1. The number of ether oxygens (including phenoxy) is 1. The molecular weight excluding hydrogens is 368 g/mol. The van der Waals surface area contributed by atoms with E-state index in [-0.39, 0.29) is 41.5 Å². The Bertz CT molecular complexity index is 818. The molecule has 1 N–H and O–H groups in total. The van der Waals surface area contributed by atoms with Gasteiger partial charge >= 0.3 is 0 Å². The molecule has 1 aromatic carbocycles. The highest BCUT2D eigenvalue weighted by molar-refractivity contribution is 7.91. The summed E-state index contributed by atoms with van der Waals surface area (Å²) < 4.78 is 54.4. The Morgan fingerprint density at radius 3 is 2.48 bits per heavy atom. The quantitative estimate of drug-likeness (QED) is 0.650. The lowest BCUT2D eigenvalue weighted by molar-refractivity contribution is 0.0747. The number of hydrogen-bond donors (Lipinski definition) is 1. The van der Waals surface area contributed by atoms with Gasteiger partial charge in [-0.3, -0.25) is 4.79 Å². The largest absolute Gasteiger partial charge is 0.383 e. The Labute approximate surface area is 148 Å². The molecule has 0 saturated carbocycles. The molecule has 1 aliphatic heterocycles. The van der Waals surface area contributed by atoms with E-state index in [4.69, 9.17) is 4.74 Å². The summed E-state index contributed by atoms with van der Waals surface area (Å²) in [5, 5.41) is 0. The van der Waals surface area contributed by atoms with E-state index in [9.17, 15) is 21.6 Å². The third-order valence-electron chi connectivity index (χ3n) is 4.09. The van der Waals surface area contributed by atoms with Crippen molar-refractivity contribution in [2.75, 3.05) is 38.8 Å². The molecule has 1 saturated heterocycles. The molecule has 10 heteroatoms.